The van der Waals surface area contributed by atoms with Gasteiger partial charge in [0.15, 0.2) is 5.17 Å². The van der Waals surface area contributed by atoms with Crippen LogP contribution in [0, 0.1) is 0 Å². The number of carbonyl (C=O) groups is 1. The number of halogens is 1. The summed E-state index contributed by atoms with van der Waals surface area (Å²) in [4.78, 5) is 17.8. The quantitative estimate of drug-likeness (QED) is 0.912. The van der Waals surface area contributed by atoms with Crippen molar-refractivity contribution in [3.8, 4) is 5.75 Å². The Bertz CT molecular complexity index is 522. The Morgan fingerprint density at radius 1 is 1.58 bits per heavy atom. The SMILES string of the molecule is COc1cccc(Cl)c1NC(=O)N=C1SCCN1C. The van der Waals surface area contributed by atoms with E-state index in [0.717, 1.165) is 12.3 Å². The molecule has 1 saturated heterocycles. The molecule has 1 fully saturated rings. The van der Waals surface area contributed by atoms with Crippen LogP contribution in [0.3, 0.4) is 0 Å². The summed E-state index contributed by atoms with van der Waals surface area (Å²) in [5, 5.41) is 3.78. The molecule has 5 nitrogen and oxygen atoms in total. The first-order chi connectivity index (χ1) is 9.11. The zero-order valence-corrected chi connectivity index (χ0v) is 12.2. The fourth-order valence-electron chi connectivity index (χ4n) is 1.61. The number of methoxy groups -OCH3 is 1. The van der Waals surface area contributed by atoms with Gasteiger partial charge in [0.2, 0.25) is 0 Å². The smallest absolute Gasteiger partial charge is 0.347 e. The number of urea groups is 1. The van der Waals surface area contributed by atoms with Crippen molar-refractivity contribution in [2.24, 2.45) is 4.99 Å². The summed E-state index contributed by atoms with van der Waals surface area (Å²) >= 11 is 7.59. The first-order valence-electron chi connectivity index (χ1n) is 5.68. The van der Waals surface area contributed by atoms with Crippen LogP contribution < -0.4 is 10.1 Å². The van der Waals surface area contributed by atoms with Crippen LogP contribution >= 0.6 is 23.4 Å². The summed E-state index contributed by atoms with van der Waals surface area (Å²) in [5.74, 6) is 1.45. The van der Waals surface area contributed by atoms with E-state index >= 15 is 0 Å². The molecule has 1 aromatic carbocycles. The first-order valence-corrected chi connectivity index (χ1v) is 7.04. The zero-order valence-electron chi connectivity index (χ0n) is 10.6. The van der Waals surface area contributed by atoms with E-state index in [1.165, 1.54) is 7.11 Å². The molecule has 1 heterocycles. The predicted octanol–water partition coefficient (Wildman–Crippen LogP) is 2.92. The normalized spacial score (nSPS) is 16.8. The minimum atomic E-state index is -0.456. The van der Waals surface area contributed by atoms with Crippen LogP contribution in [0.1, 0.15) is 0 Å². The van der Waals surface area contributed by atoms with E-state index in [9.17, 15) is 4.79 Å². The number of rotatable bonds is 2. The number of para-hydroxylation sites is 1. The fourth-order valence-corrected chi connectivity index (χ4v) is 2.83. The minimum absolute atomic E-state index is 0.417. The molecule has 0 bridgehead atoms. The molecule has 7 heteroatoms. The summed E-state index contributed by atoms with van der Waals surface area (Å²) < 4.78 is 5.15. The Balaban J connectivity index is 2.15. The van der Waals surface area contributed by atoms with Crippen LogP contribution in [0.4, 0.5) is 10.5 Å². The van der Waals surface area contributed by atoms with Gasteiger partial charge < -0.3 is 15.0 Å². The molecule has 0 atom stereocenters. The lowest BCUT2D eigenvalue weighted by molar-refractivity contribution is 0.259. The molecule has 19 heavy (non-hydrogen) atoms. The lowest BCUT2D eigenvalue weighted by atomic mass is 10.3. The second kappa shape index (κ2) is 6.16. The highest BCUT2D eigenvalue weighted by molar-refractivity contribution is 8.14. The van der Waals surface area contributed by atoms with Crippen LogP contribution in [0.2, 0.25) is 5.02 Å². The van der Waals surface area contributed by atoms with Crippen LogP contribution in [-0.4, -0.2) is 42.6 Å². The molecule has 0 aliphatic carbocycles. The number of carbonyl (C=O) groups excluding carboxylic acids is 1. The summed E-state index contributed by atoms with van der Waals surface area (Å²) in [5.41, 5.74) is 0.437. The van der Waals surface area contributed by atoms with Gasteiger partial charge in [-0.1, -0.05) is 29.4 Å². The third kappa shape index (κ3) is 3.33. The third-order valence-electron chi connectivity index (χ3n) is 2.61. The maximum absolute atomic E-state index is 11.9. The molecular formula is C12H14ClN3O2S. The van der Waals surface area contributed by atoms with Crippen molar-refractivity contribution >= 4 is 40.2 Å². The van der Waals surface area contributed by atoms with E-state index in [2.05, 4.69) is 10.3 Å². The molecule has 102 valence electrons. The van der Waals surface area contributed by atoms with Gasteiger partial charge in [-0.25, -0.2) is 4.79 Å². The Labute approximate surface area is 121 Å². The monoisotopic (exact) mass is 299 g/mol. The lowest BCUT2D eigenvalue weighted by Gasteiger charge is -2.12. The number of thioether (sulfide) groups is 1. The van der Waals surface area contributed by atoms with Crippen molar-refractivity contribution in [1.82, 2.24) is 4.90 Å². The number of hydrogen-bond donors (Lipinski definition) is 1. The summed E-state index contributed by atoms with van der Waals surface area (Å²) in [6.07, 6.45) is 0. The van der Waals surface area contributed by atoms with Gasteiger partial charge in [-0.15, -0.1) is 0 Å². The number of ether oxygens (including phenoxy) is 1. The molecule has 2 rings (SSSR count). The molecule has 0 radical (unpaired) electrons. The van der Waals surface area contributed by atoms with Gasteiger partial charge in [-0.05, 0) is 12.1 Å². The van der Waals surface area contributed by atoms with E-state index in [1.54, 1.807) is 30.0 Å². The number of nitrogens with zero attached hydrogens (tertiary/aromatic N) is 2. The van der Waals surface area contributed by atoms with Crippen molar-refractivity contribution < 1.29 is 9.53 Å². The van der Waals surface area contributed by atoms with E-state index in [-0.39, 0.29) is 0 Å². The van der Waals surface area contributed by atoms with Gasteiger partial charge in [0.05, 0.1) is 12.1 Å². The van der Waals surface area contributed by atoms with Gasteiger partial charge >= 0.3 is 6.03 Å². The van der Waals surface area contributed by atoms with Gasteiger partial charge in [0.25, 0.3) is 0 Å². The van der Waals surface area contributed by atoms with E-state index < -0.39 is 6.03 Å². The second-order valence-electron chi connectivity index (χ2n) is 3.91. The Morgan fingerprint density at radius 3 is 3.00 bits per heavy atom. The number of hydrogen-bond acceptors (Lipinski definition) is 3. The van der Waals surface area contributed by atoms with Gasteiger partial charge in [0, 0.05) is 19.3 Å². The molecule has 1 aliphatic heterocycles. The largest absolute Gasteiger partial charge is 0.495 e. The Morgan fingerprint density at radius 2 is 2.37 bits per heavy atom. The van der Waals surface area contributed by atoms with Crippen molar-refractivity contribution in [2.75, 3.05) is 31.8 Å². The van der Waals surface area contributed by atoms with Crippen molar-refractivity contribution in [3.05, 3.63) is 23.2 Å². The maximum Gasteiger partial charge on any atom is 0.347 e. The van der Waals surface area contributed by atoms with Gasteiger partial charge in [-0.2, -0.15) is 4.99 Å². The molecule has 2 amide bonds. The number of benzene rings is 1. The standard InChI is InChI=1S/C12H14ClN3O2S/c1-16-6-7-19-12(16)15-11(17)14-10-8(13)4-3-5-9(10)18-2/h3-5H,6-7H2,1-2H3,(H,14,17). The van der Waals surface area contributed by atoms with Gasteiger partial charge in [0.1, 0.15) is 11.4 Å². The maximum atomic E-state index is 11.9. The lowest BCUT2D eigenvalue weighted by Crippen LogP contribution is -2.21. The van der Waals surface area contributed by atoms with Gasteiger partial charge in [-0.3, -0.25) is 0 Å². The van der Waals surface area contributed by atoms with Crippen LogP contribution in [-0.2, 0) is 0 Å². The summed E-state index contributed by atoms with van der Waals surface area (Å²) in [7, 11) is 3.43. The highest BCUT2D eigenvalue weighted by Gasteiger charge is 2.17. The number of amidine groups is 1. The summed E-state index contributed by atoms with van der Waals surface area (Å²) in [6, 6.07) is 4.71. The molecule has 0 unspecified atom stereocenters. The molecule has 1 aliphatic rings. The summed E-state index contributed by atoms with van der Waals surface area (Å²) in [6.45, 7) is 0.895. The first kappa shape index (κ1) is 14.0. The Kier molecular flexibility index (Phi) is 4.55. The average molecular weight is 300 g/mol. The molecule has 0 saturated carbocycles. The fraction of sp³-hybridized carbons (Fsp3) is 0.333. The predicted molar refractivity (Wildman–Crippen MR) is 79.5 cm³/mol. The van der Waals surface area contributed by atoms with Crippen molar-refractivity contribution in [3.63, 3.8) is 0 Å². The zero-order chi connectivity index (χ0) is 13.8. The highest BCUT2D eigenvalue weighted by atomic mass is 35.5. The van der Waals surface area contributed by atoms with Crippen LogP contribution in [0.5, 0.6) is 5.75 Å². The Hall–Kier alpha value is -1.40. The topological polar surface area (TPSA) is 53.9 Å². The van der Waals surface area contributed by atoms with E-state index in [1.807, 2.05) is 11.9 Å². The van der Waals surface area contributed by atoms with Crippen molar-refractivity contribution in [2.45, 2.75) is 0 Å². The van der Waals surface area contributed by atoms with Crippen LogP contribution in [0.25, 0.3) is 0 Å². The molecule has 1 aromatic rings. The minimum Gasteiger partial charge on any atom is -0.495 e. The number of nitrogens with one attached hydrogen (secondary N) is 1. The second-order valence-corrected chi connectivity index (χ2v) is 5.38. The average Bonchev–Trinajstić information content (AvgIpc) is 2.77. The van der Waals surface area contributed by atoms with E-state index in [0.29, 0.717) is 21.6 Å². The molecule has 1 N–H and O–H groups in total. The van der Waals surface area contributed by atoms with E-state index in [4.69, 9.17) is 16.3 Å². The molecular weight excluding hydrogens is 286 g/mol. The molecule has 0 spiro atoms. The molecule has 0 aromatic heterocycles. The number of amides is 2. The van der Waals surface area contributed by atoms with Crippen LogP contribution in [0.15, 0.2) is 23.2 Å². The third-order valence-corrected chi connectivity index (χ3v) is 3.97. The number of aliphatic imine (C=N–C) groups is 1. The number of anilines is 1. The highest BCUT2D eigenvalue weighted by Crippen LogP contribution is 2.32. The van der Waals surface area contributed by atoms with Crippen molar-refractivity contribution in [1.29, 1.82) is 0 Å².